The fourth-order valence-corrected chi connectivity index (χ4v) is 3.81. The molecule has 0 fully saturated rings. The van der Waals surface area contributed by atoms with Gasteiger partial charge in [-0.25, -0.2) is 0 Å². The molecule has 0 saturated carbocycles. The number of halogens is 1. The molecule has 1 aromatic heterocycles. The zero-order valence-electron chi connectivity index (χ0n) is 10.5. The molecule has 102 valence electrons. The highest BCUT2D eigenvalue weighted by atomic mass is 79.9. The second kappa shape index (κ2) is 8.96. The Bertz CT molecular complexity index is 371. The first-order chi connectivity index (χ1) is 8.67. The summed E-state index contributed by atoms with van der Waals surface area (Å²) < 4.78 is 1.11. The molecule has 0 aliphatic carbocycles. The highest BCUT2D eigenvalue weighted by Crippen LogP contribution is 2.23. The van der Waals surface area contributed by atoms with Gasteiger partial charge in [-0.05, 0) is 53.7 Å². The lowest BCUT2D eigenvalue weighted by Gasteiger charge is -2.19. The Morgan fingerprint density at radius 2 is 2.33 bits per heavy atom. The zero-order valence-corrected chi connectivity index (χ0v) is 13.7. The van der Waals surface area contributed by atoms with Crippen molar-refractivity contribution < 1.29 is 4.79 Å². The molecule has 6 heteroatoms. The molecule has 3 nitrogen and oxygen atoms in total. The standard InChI is InChI=1S/C12H19BrN2OS2/c1-2-15(8-10-4-5-11(13)18-10)12(16)9-17-7-3-6-14/h4-5H,2-3,6-9,14H2,1H3. The first-order valence-electron chi connectivity index (χ1n) is 5.97. The molecule has 0 aromatic carbocycles. The molecule has 0 spiro atoms. The fraction of sp³-hybridized carbons (Fsp3) is 0.583. The number of amides is 1. The summed E-state index contributed by atoms with van der Waals surface area (Å²) in [6.07, 6.45) is 0.974. The van der Waals surface area contributed by atoms with Crippen LogP contribution in [0, 0.1) is 0 Å². The number of carbonyl (C=O) groups is 1. The van der Waals surface area contributed by atoms with Gasteiger partial charge in [0.05, 0.1) is 16.1 Å². The van der Waals surface area contributed by atoms with Crippen LogP contribution in [-0.2, 0) is 11.3 Å². The first kappa shape index (κ1) is 16.0. The molecule has 0 atom stereocenters. The maximum Gasteiger partial charge on any atom is 0.232 e. The van der Waals surface area contributed by atoms with Crippen molar-refractivity contribution in [2.24, 2.45) is 5.73 Å². The van der Waals surface area contributed by atoms with E-state index in [0.29, 0.717) is 18.8 Å². The summed E-state index contributed by atoms with van der Waals surface area (Å²) in [5, 5.41) is 0. The minimum atomic E-state index is 0.212. The van der Waals surface area contributed by atoms with E-state index in [0.717, 1.165) is 22.5 Å². The van der Waals surface area contributed by atoms with Gasteiger partial charge in [-0.3, -0.25) is 4.79 Å². The number of hydrogen-bond acceptors (Lipinski definition) is 4. The maximum absolute atomic E-state index is 12.0. The van der Waals surface area contributed by atoms with Gasteiger partial charge in [-0.1, -0.05) is 0 Å². The summed E-state index contributed by atoms with van der Waals surface area (Å²) in [4.78, 5) is 15.1. The van der Waals surface area contributed by atoms with Crippen LogP contribution >= 0.6 is 39.0 Å². The van der Waals surface area contributed by atoms with Crippen LogP contribution < -0.4 is 5.73 Å². The number of hydrogen-bond donors (Lipinski definition) is 1. The Hall–Kier alpha value is -0.0400. The second-order valence-electron chi connectivity index (χ2n) is 3.81. The van der Waals surface area contributed by atoms with E-state index in [4.69, 9.17) is 5.73 Å². The highest BCUT2D eigenvalue weighted by Gasteiger charge is 2.12. The number of rotatable bonds is 8. The van der Waals surface area contributed by atoms with Crippen LogP contribution in [0.3, 0.4) is 0 Å². The summed E-state index contributed by atoms with van der Waals surface area (Å²) in [6, 6.07) is 4.08. The summed E-state index contributed by atoms with van der Waals surface area (Å²) in [7, 11) is 0. The molecule has 1 amide bonds. The van der Waals surface area contributed by atoms with E-state index >= 15 is 0 Å². The largest absolute Gasteiger partial charge is 0.337 e. The van der Waals surface area contributed by atoms with Crippen molar-refractivity contribution in [3.8, 4) is 0 Å². The number of thioether (sulfide) groups is 1. The van der Waals surface area contributed by atoms with Gasteiger partial charge in [-0.2, -0.15) is 11.8 Å². The molecule has 1 aromatic rings. The topological polar surface area (TPSA) is 46.3 Å². The smallest absolute Gasteiger partial charge is 0.232 e. The third kappa shape index (κ3) is 5.73. The molecule has 0 unspecified atom stereocenters. The Morgan fingerprint density at radius 3 is 2.89 bits per heavy atom. The lowest BCUT2D eigenvalue weighted by atomic mass is 10.4. The van der Waals surface area contributed by atoms with E-state index in [1.165, 1.54) is 4.88 Å². The molecule has 2 N–H and O–H groups in total. The van der Waals surface area contributed by atoms with E-state index in [-0.39, 0.29) is 5.91 Å². The van der Waals surface area contributed by atoms with Crippen molar-refractivity contribution >= 4 is 44.9 Å². The Morgan fingerprint density at radius 1 is 1.56 bits per heavy atom. The molecule has 1 heterocycles. The minimum absolute atomic E-state index is 0.212. The van der Waals surface area contributed by atoms with Gasteiger partial charge in [-0.15, -0.1) is 11.3 Å². The zero-order chi connectivity index (χ0) is 13.4. The van der Waals surface area contributed by atoms with Crippen molar-refractivity contribution in [2.75, 3.05) is 24.6 Å². The van der Waals surface area contributed by atoms with Crippen LogP contribution in [0.5, 0.6) is 0 Å². The second-order valence-corrected chi connectivity index (χ2v) is 7.46. The Labute approximate surface area is 125 Å². The molecule has 1 rings (SSSR count). The number of carbonyl (C=O) groups excluding carboxylic acids is 1. The molecule has 0 aliphatic heterocycles. The lowest BCUT2D eigenvalue weighted by molar-refractivity contribution is -0.128. The monoisotopic (exact) mass is 350 g/mol. The van der Waals surface area contributed by atoms with Crippen LogP contribution in [0.2, 0.25) is 0 Å². The molecular formula is C12H19BrN2OS2. The molecule has 0 aliphatic rings. The molecule has 18 heavy (non-hydrogen) atoms. The van der Waals surface area contributed by atoms with E-state index in [1.54, 1.807) is 23.1 Å². The van der Waals surface area contributed by atoms with Crippen LogP contribution in [0.25, 0.3) is 0 Å². The number of nitrogens with zero attached hydrogens (tertiary/aromatic N) is 1. The van der Waals surface area contributed by atoms with E-state index in [1.807, 2.05) is 17.9 Å². The van der Waals surface area contributed by atoms with Crippen molar-refractivity contribution in [1.82, 2.24) is 4.90 Å². The first-order valence-corrected chi connectivity index (χ1v) is 8.73. The molecular weight excluding hydrogens is 332 g/mol. The van der Waals surface area contributed by atoms with Gasteiger partial charge in [0.1, 0.15) is 0 Å². The number of thiophene rings is 1. The van der Waals surface area contributed by atoms with Gasteiger partial charge in [0, 0.05) is 11.4 Å². The van der Waals surface area contributed by atoms with Crippen molar-refractivity contribution in [3.63, 3.8) is 0 Å². The highest BCUT2D eigenvalue weighted by molar-refractivity contribution is 9.11. The van der Waals surface area contributed by atoms with Crippen molar-refractivity contribution in [3.05, 3.63) is 20.8 Å². The summed E-state index contributed by atoms with van der Waals surface area (Å²) in [5.74, 6) is 1.73. The Kier molecular flexibility index (Phi) is 7.97. The lowest BCUT2D eigenvalue weighted by Crippen LogP contribution is -2.31. The van der Waals surface area contributed by atoms with E-state index < -0.39 is 0 Å². The van der Waals surface area contributed by atoms with Gasteiger partial charge in [0.15, 0.2) is 0 Å². The van der Waals surface area contributed by atoms with Gasteiger partial charge < -0.3 is 10.6 Å². The van der Waals surface area contributed by atoms with Crippen molar-refractivity contribution in [1.29, 1.82) is 0 Å². The molecule has 0 saturated heterocycles. The SMILES string of the molecule is CCN(Cc1ccc(Br)s1)C(=O)CSCCCN. The van der Waals surface area contributed by atoms with Gasteiger partial charge in [0.25, 0.3) is 0 Å². The minimum Gasteiger partial charge on any atom is -0.337 e. The van der Waals surface area contributed by atoms with Gasteiger partial charge >= 0.3 is 0 Å². The number of nitrogens with two attached hydrogens (primary N) is 1. The maximum atomic E-state index is 12.0. The van der Waals surface area contributed by atoms with E-state index in [2.05, 4.69) is 22.0 Å². The van der Waals surface area contributed by atoms with Crippen molar-refractivity contribution in [2.45, 2.75) is 19.9 Å². The summed E-state index contributed by atoms with van der Waals surface area (Å²) in [6.45, 7) is 4.18. The summed E-state index contributed by atoms with van der Waals surface area (Å²) >= 11 is 6.79. The van der Waals surface area contributed by atoms with Crippen LogP contribution in [0.1, 0.15) is 18.2 Å². The van der Waals surface area contributed by atoms with E-state index in [9.17, 15) is 4.79 Å². The van der Waals surface area contributed by atoms with Crippen LogP contribution in [0.4, 0.5) is 0 Å². The third-order valence-corrected chi connectivity index (χ3v) is 5.07. The average molecular weight is 351 g/mol. The van der Waals surface area contributed by atoms with Crippen LogP contribution in [-0.4, -0.2) is 35.4 Å². The Balaban J connectivity index is 2.37. The molecule has 0 bridgehead atoms. The fourth-order valence-electron chi connectivity index (χ4n) is 1.44. The third-order valence-electron chi connectivity index (χ3n) is 2.43. The predicted octanol–water partition coefficient (Wildman–Crippen LogP) is 2.94. The van der Waals surface area contributed by atoms with Gasteiger partial charge in [0.2, 0.25) is 5.91 Å². The predicted molar refractivity (Wildman–Crippen MR) is 84.1 cm³/mol. The molecule has 0 radical (unpaired) electrons. The quantitative estimate of drug-likeness (QED) is 0.733. The normalized spacial score (nSPS) is 10.6. The van der Waals surface area contributed by atoms with Crippen LogP contribution in [0.15, 0.2) is 15.9 Å². The average Bonchev–Trinajstić information content (AvgIpc) is 2.77. The summed E-state index contributed by atoms with van der Waals surface area (Å²) in [5.41, 5.74) is 5.42.